The second-order valence-electron chi connectivity index (χ2n) is 5.76. The van der Waals surface area contributed by atoms with Crippen LogP contribution in [0.5, 0.6) is 0 Å². The number of aromatic nitrogens is 5. The van der Waals surface area contributed by atoms with Gasteiger partial charge < -0.3 is 9.40 Å². The molecule has 3 aromatic heterocycles. The summed E-state index contributed by atoms with van der Waals surface area (Å²) in [4.78, 5) is 19.8. The molecule has 0 aliphatic heterocycles. The first-order valence-electron chi connectivity index (χ1n) is 8.30. The average molecular weight is 367 g/mol. The number of fused-ring (bicyclic) bond motifs is 1. The molecule has 1 aromatic carbocycles. The molecule has 0 saturated carbocycles. The molecular weight excluding hydrogens is 350 g/mol. The number of aromatic amines is 1. The second-order valence-corrected chi connectivity index (χ2v) is 7.06. The van der Waals surface area contributed by atoms with Gasteiger partial charge in [-0.15, -0.1) is 10.2 Å². The highest BCUT2D eigenvalue weighted by atomic mass is 32.2. The molecule has 0 bridgehead atoms. The van der Waals surface area contributed by atoms with Crippen molar-refractivity contribution in [2.45, 2.75) is 30.8 Å². The Kier molecular flexibility index (Phi) is 4.34. The van der Waals surface area contributed by atoms with Gasteiger partial charge in [-0.2, -0.15) is 0 Å². The second kappa shape index (κ2) is 6.80. The van der Waals surface area contributed by atoms with Gasteiger partial charge in [-0.3, -0.25) is 9.36 Å². The first-order valence-corrected chi connectivity index (χ1v) is 9.18. The summed E-state index contributed by atoms with van der Waals surface area (Å²) in [5.74, 6) is 1.98. The topological polar surface area (TPSA) is 89.6 Å². The summed E-state index contributed by atoms with van der Waals surface area (Å²) in [6, 6.07) is 11.0. The Morgan fingerprint density at radius 3 is 2.85 bits per heavy atom. The molecule has 8 heteroatoms. The molecule has 0 aliphatic carbocycles. The molecule has 0 amide bonds. The van der Waals surface area contributed by atoms with E-state index in [-0.39, 0.29) is 10.8 Å². The van der Waals surface area contributed by atoms with Gasteiger partial charge in [0.05, 0.1) is 22.4 Å². The maximum atomic E-state index is 12.3. The molecule has 0 radical (unpaired) electrons. The van der Waals surface area contributed by atoms with Crippen LogP contribution < -0.4 is 5.56 Å². The van der Waals surface area contributed by atoms with Crippen molar-refractivity contribution >= 4 is 22.7 Å². The van der Waals surface area contributed by atoms with Gasteiger partial charge in [-0.1, -0.05) is 23.9 Å². The largest absolute Gasteiger partial charge is 0.461 e. The molecule has 4 rings (SSSR count). The third-order valence-corrected chi connectivity index (χ3v) is 5.16. The average Bonchev–Trinajstić information content (AvgIpc) is 3.30. The molecule has 1 atom stereocenters. The normalized spacial score (nSPS) is 12.5. The molecule has 0 spiro atoms. The van der Waals surface area contributed by atoms with Crippen molar-refractivity contribution in [2.75, 3.05) is 0 Å². The molecule has 7 nitrogen and oxygen atoms in total. The zero-order chi connectivity index (χ0) is 18.1. The van der Waals surface area contributed by atoms with Crippen LogP contribution in [-0.4, -0.2) is 24.7 Å². The van der Waals surface area contributed by atoms with Gasteiger partial charge in [-0.05, 0) is 38.1 Å². The Bertz CT molecular complexity index is 1100. The standard InChI is InChI=1S/C18H17N5O2S/c1-3-23-16(14-9-6-10-25-14)21-22-18(23)26-11(2)15-19-13-8-5-4-7-12(13)17(24)20-15/h4-11H,3H2,1-2H3,(H,19,20,24). The summed E-state index contributed by atoms with van der Waals surface area (Å²) < 4.78 is 7.42. The lowest BCUT2D eigenvalue weighted by molar-refractivity contribution is 0.567. The lowest BCUT2D eigenvalue weighted by Gasteiger charge is -2.12. The molecule has 1 N–H and O–H groups in total. The number of rotatable bonds is 5. The molecular formula is C18H17N5O2S. The number of thioether (sulfide) groups is 1. The molecule has 26 heavy (non-hydrogen) atoms. The van der Waals surface area contributed by atoms with E-state index >= 15 is 0 Å². The van der Waals surface area contributed by atoms with Crippen molar-refractivity contribution in [3.05, 3.63) is 58.8 Å². The zero-order valence-corrected chi connectivity index (χ0v) is 15.2. The number of hydrogen-bond donors (Lipinski definition) is 1. The van der Waals surface area contributed by atoms with Crippen LogP contribution in [0.1, 0.15) is 24.9 Å². The molecule has 0 fully saturated rings. The third kappa shape index (κ3) is 2.92. The van der Waals surface area contributed by atoms with Gasteiger partial charge in [0.25, 0.3) is 5.56 Å². The van der Waals surface area contributed by atoms with E-state index in [9.17, 15) is 4.79 Å². The molecule has 0 saturated heterocycles. The predicted octanol–water partition coefficient (Wildman–Crippen LogP) is 3.65. The van der Waals surface area contributed by atoms with Gasteiger partial charge in [0.15, 0.2) is 16.7 Å². The van der Waals surface area contributed by atoms with E-state index in [1.165, 1.54) is 11.8 Å². The molecule has 0 aliphatic rings. The lowest BCUT2D eigenvalue weighted by atomic mass is 10.2. The molecule has 4 aromatic rings. The Balaban J connectivity index is 1.67. The van der Waals surface area contributed by atoms with Crippen molar-refractivity contribution in [1.29, 1.82) is 0 Å². The van der Waals surface area contributed by atoms with E-state index in [0.29, 0.717) is 34.9 Å². The smallest absolute Gasteiger partial charge is 0.258 e. The number of nitrogens with one attached hydrogen (secondary N) is 1. The summed E-state index contributed by atoms with van der Waals surface area (Å²) in [6.07, 6.45) is 1.61. The van der Waals surface area contributed by atoms with Gasteiger partial charge in [0.2, 0.25) is 0 Å². The summed E-state index contributed by atoms with van der Waals surface area (Å²) in [5.41, 5.74) is 0.554. The van der Waals surface area contributed by atoms with Crippen LogP contribution in [0.15, 0.2) is 57.0 Å². The van der Waals surface area contributed by atoms with Gasteiger partial charge in [-0.25, -0.2) is 4.98 Å². The Morgan fingerprint density at radius 2 is 2.08 bits per heavy atom. The zero-order valence-electron chi connectivity index (χ0n) is 14.3. The first-order chi connectivity index (χ1) is 12.7. The number of benzene rings is 1. The Morgan fingerprint density at radius 1 is 1.23 bits per heavy atom. The molecule has 3 heterocycles. The predicted molar refractivity (Wildman–Crippen MR) is 100 cm³/mol. The maximum absolute atomic E-state index is 12.3. The van der Waals surface area contributed by atoms with Crippen LogP contribution in [0, 0.1) is 0 Å². The Hall–Kier alpha value is -2.87. The molecule has 132 valence electrons. The van der Waals surface area contributed by atoms with Crippen molar-refractivity contribution in [2.24, 2.45) is 0 Å². The van der Waals surface area contributed by atoms with E-state index in [1.54, 1.807) is 12.3 Å². The van der Waals surface area contributed by atoms with E-state index in [0.717, 1.165) is 5.16 Å². The summed E-state index contributed by atoms with van der Waals surface area (Å²) in [5, 5.41) is 9.79. The number of furan rings is 1. The van der Waals surface area contributed by atoms with Crippen LogP contribution >= 0.6 is 11.8 Å². The lowest BCUT2D eigenvalue weighted by Crippen LogP contribution is -2.13. The highest BCUT2D eigenvalue weighted by Crippen LogP contribution is 2.34. The van der Waals surface area contributed by atoms with E-state index < -0.39 is 0 Å². The van der Waals surface area contributed by atoms with Crippen molar-refractivity contribution < 1.29 is 4.42 Å². The minimum Gasteiger partial charge on any atom is -0.461 e. The number of H-pyrrole nitrogens is 1. The minimum absolute atomic E-state index is 0.0914. The van der Waals surface area contributed by atoms with Crippen LogP contribution in [0.4, 0.5) is 0 Å². The first kappa shape index (κ1) is 16.6. The van der Waals surface area contributed by atoms with Crippen molar-refractivity contribution in [3.8, 4) is 11.6 Å². The summed E-state index contributed by atoms with van der Waals surface area (Å²) >= 11 is 1.50. The minimum atomic E-state index is -0.133. The number of hydrogen-bond acceptors (Lipinski definition) is 6. The van der Waals surface area contributed by atoms with Crippen LogP contribution in [0.3, 0.4) is 0 Å². The van der Waals surface area contributed by atoms with E-state index in [2.05, 4.69) is 20.2 Å². The van der Waals surface area contributed by atoms with E-state index in [4.69, 9.17) is 4.42 Å². The van der Waals surface area contributed by atoms with Gasteiger partial charge >= 0.3 is 0 Å². The summed E-state index contributed by atoms with van der Waals surface area (Å²) in [6.45, 7) is 4.72. The quantitative estimate of drug-likeness (QED) is 0.542. The SMILES string of the molecule is CCn1c(SC(C)c2nc3ccccc3c(=O)[nH]2)nnc1-c1ccco1. The highest BCUT2D eigenvalue weighted by molar-refractivity contribution is 7.99. The van der Waals surface area contributed by atoms with E-state index in [1.807, 2.05) is 48.7 Å². The van der Waals surface area contributed by atoms with Crippen LogP contribution in [-0.2, 0) is 6.54 Å². The Labute approximate surface area is 153 Å². The number of para-hydroxylation sites is 1. The van der Waals surface area contributed by atoms with Crippen LogP contribution in [0.2, 0.25) is 0 Å². The van der Waals surface area contributed by atoms with Crippen molar-refractivity contribution in [3.63, 3.8) is 0 Å². The maximum Gasteiger partial charge on any atom is 0.258 e. The fourth-order valence-electron chi connectivity index (χ4n) is 2.76. The van der Waals surface area contributed by atoms with Gasteiger partial charge in [0, 0.05) is 6.54 Å². The van der Waals surface area contributed by atoms with Crippen LogP contribution in [0.25, 0.3) is 22.5 Å². The fraction of sp³-hybridized carbons (Fsp3) is 0.222. The monoisotopic (exact) mass is 367 g/mol. The van der Waals surface area contributed by atoms with Crippen molar-refractivity contribution in [1.82, 2.24) is 24.7 Å². The highest BCUT2D eigenvalue weighted by Gasteiger charge is 2.19. The van der Waals surface area contributed by atoms with Gasteiger partial charge in [0.1, 0.15) is 5.82 Å². The number of nitrogens with zero attached hydrogens (tertiary/aromatic N) is 4. The third-order valence-electron chi connectivity index (χ3n) is 4.07. The summed E-state index contributed by atoms with van der Waals surface area (Å²) in [7, 11) is 0. The fourth-order valence-corrected chi connectivity index (χ4v) is 3.73. The molecule has 1 unspecified atom stereocenters.